The van der Waals surface area contributed by atoms with Crippen LogP contribution in [0.1, 0.15) is 32.8 Å². The number of hydrogen-bond donors (Lipinski definition) is 1. The molecule has 0 aromatic heterocycles. The van der Waals surface area contributed by atoms with Crippen molar-refractivity contribution in [2.75, 3.05) is 17.2 Å². The van der Waals surface area contributed by atoms with Gasteiger partial charge in [0.2, 0.25) is 5.91 Å². The molecule has 6 heteroatoms. The summed E-state index contributed by atoms with van der Waals surface area (Å²) >= 11 is 0. The highest BCUT2D eigenvalue weighted by atomic mass is 16.6. The first kappa shape index (κ1) is 15.0. The molecule has 2 N–H and O–H groups in total. The van der Waals surface area contributed by atoms with Gasteiger partial charge in [-0.3, -0.25) is 14.9 Å². The minimum Gasteiger partial charge on any atom is -0.393 e. The van der Waals surface area contributed by atoms with E-state index in [1.54, 1.807) is 11.0 Å². The number of rotatable bonds is 4. The molecule has 0 bridgehead atoms. The van der Waals surface area contributed by atoms with Gasteiger partial charge < -0.3 is 10.6 Å². The predicted octanol–water partition coefficient (Wildman–Crippen LogP) is 2.77. The number of nitrogens with zero attached hydrogens (tertiary/aromatic N) is 2. The summed E-state index contributed by atoms with van der Waals surface area (Å²) < 4.78 is 0. The minimum atomic E-state index is -0.724. The monoisotopic (exact) mass is 289 g/mol. The second-order valence-corrected chi connectivity index (χ2v) is 5.61. The number of allylic oxidation sites excluding steroid dienone is 1. The Morgan fingerprint density at radius 2 is 2.05 bits per heavy atom. The summed E-state index contributed by atoms with van der Waals surface area (Å²) in [5.74, 6) is -0.0712. The number of nitrogens with two attached hydrogens (primary N) is 1. The lowest BCUT2D eigenvalue weighted by atomic mass is 9.86. The Labute approximate surface area is 123 Å². The molecule has 0 spiro atoms. The van der Waals surface area contributed by atoms with Crippen LogP contribution in [0.2, 0.25) is 0 Å². The van der Waals surface area contributed by atoms with Crippen molar-refractivity contribution in [3.63, 3.8) is 0 Å². The normalized spacial score (nSPS) is 16.5. The number of anilines is 2. The van der Waals surface area contributed by atoms with Gasteiger partial charge in [-0.2, -0.15) is 0 Å². The summed E-state index contributed by atoms with van der Waals surface area (Å²) in [6.45, 7) is 6.03. The van der Waals surface area contributed by atoms with E-state index in [0.29, 0.717) is 12.2 Å². The van der Waals surface area contributed by atoms with Crippen LogP contribution < -0.4 is 10.6 Å². The Morgan fingerprint density at radius 3 is 2.62 bits per heavy atom. The summed E-state index contributed by atoms with van der Waals surface area (Å²) in [6.07, 6.45) is 4.73. The molecule has 0 unspecified atom stereocenters. The molecule has 21 heavy (non-hydrogen) atoms. The minimum absolute atomic E-state index is 0.0712. The predicted molar refractivity (Wildman–Crippen MR) is 82.3 cm³/mol. The maximum Gasteiger partial charge on any atom is 0.294 e. The van der Waals surface area contributed by atoms with E-state index in [1.165, 1.54) is 6.07 Å². The Balaban J connectivity index is 2.55. The molecule has 2 rings (SSSR count). The van der Waals surface area contributed by atoms with Crippen LogP contribution in [0.3, 0.4) is 0 Å². The quantitative estimate of drug-likeness (QED) is 0.399. The highest BCUT2D eigenvalue weighted by molar-refractivity contribution is 6.08. The van der Waals surface area contributed by atoms with Gasteiger partial charge in [-0.1, -0.05) is 19.1 Å². The van der Waals surface area contributed by atoms with E-state index in [2.05, 4.69) is 0 Å². The van der Waals surface area contributed by atoms with Crippen molar-refractivity contribution in [3.8, 4) is 0 Å². The first-order valence-electron chi connectivity index (χ1n) is 6.86. The number of carbonyl (C=O) groups excluding carboxylic acids is 1. The first-order valence-corrected chi connectivity index (χ1v) is 6.86. The average molecular weight is 289 g/mol. The van der Waals surface area contributed by atoms with Gasteiger partial charge >= 0.3 is 0 Å². The molecule has 1 aliphatic rings. The molecular formula is C15H19N3O3. The van der Waals surface area contributed by atoms with Crippen molar-refractivity contribution in [3.05, 3.63) is 40.0 Å². The van der Waals surface area contributed by atoms with Crippen molar-refractivity contribution >= 4 is 23.0 Å². The molecule has 0 radical (unpaired) electrons. The summed E-state index contributed by atoms with van der Waals surface area (Å²) in [5.41, 5.74) is 6.26. The van der Waals surface area contributed by atoms with Crippen molar-refractivity contribution < 1.29 is 9.72 Å². The lowest BCUT2D eigenvalue weighted by molar-refractivity contribution is -0.383. The van der Waals surface area contributed by atoms with Crippen molar-refractivity contribution in [1.82, 2.24) is 0 Å². The van der Waals surface area contributed by atoms with E-state index < -0.39 is 10.3 Å². The fourth-order valence-corrected chi connectivity index (χ4v) is 2.57. The molecule has 1 heterocycles. The molecule has 1 aliphatic heterocycles. The van der Waals surface area contributed by atoms with Crippen LogP contribution in [-0.4, -0.2) is 17.4 Å². The zero-order valence-corrected chi connectivity index (χ0v) is 12.4. The topological polar surface area (TPSA) is 89.5 Å². The van der Waals surface area contributed by atoms with Gasteiger partial charge in [0.25, 0.3) is 5.69 Å². The van der Waals surface area contributed by atoms with Gasteiger partial charge in [-0.05, 0) is 31.9 Å². The Bertz CT molecular complexity index is 635. The van der Waals surface area contributed by atoms with Crippen LogP contribution in [0, 0.1) is 10.1 Å². The third-order valence-corrected chi connectivity index (χ3v) is 3.78. The van der Waals surface area contributed by atoms with Gasteiger partial charge in [0, 0.05) is 12.6 Å². The van der Waals surface area contributed by atoms with E-state index in [-0.39, 0.29) is 17.3 Å². The van der Waals surface area contributed by atoms with Crippen LogP contribution in [0.5, 0.6) is 0 Å². The number of fused-ring (bicyclic) bond motifs is 1. The molecule has 0 saturated heterocycles. The second kappa shape index (κ2) is 5.20. The van der Waals surface area contributed by atoms with Crippen molar-refractivity contribution in [2.24, 2.45) is 0 Å². The van der Waals surface area contributed by atoms with Crippen LogP contribution in [0.25, 0.3) is 0 Å². The highest BCUT2D eigenvalue weighted by Gasteiger charge is 2.44. The number of benzene rings is 1. The van der Waals surface area contributed by atoms with Crippen molar-refractivity contribution in [2.45, 2.75) is 32.6 Å². The molecule has 0 fully saturated rings. The standard InChI is InChI=1S/C15H19N3O3/c1-4-5-6-7-17-12-9-13(18(20)21)11(16)8-10(12)15(2,3)14(17)19/h5-6,8-9H,4,7,16H2,1-3H3/b6-5+. The molecular weight excluding hydrogens is 270 g/mol. The fraction of sp³-hybridized carbons (Fsp3) is 0.400. The largest absolute Gasteiger partial charge is 0.393 e. The van der Waals surface area contributed by atoms with Gasteiger partial charge in [0.15, 0.2) is 0 Å². The Morgan fingerprint density at radius 1 is 1.38 bits per heavy atom. The zero-order valence-electron chi connectivity index (χ0n) is 12.4. The molecule has 112 valence electrons. The first-order chi connectivity index (χ1) is 9.80. The summed E-state index contributed by atoms with van der Waals surface area (Å²) in [7, 11) is 0. The van der Waals surface area contributed by atoms with Crippen LogP contribution in [0.15, 0.2) is 24.3 Å². The molecule has 0 saturated carbocycles. The highest BCUT2D eigenvalue weighted by Crippen LogP contribution is 2.45. The molecule has 1 aromatic carbocycles. The van der Waals surface area contributed by atoms with Gasteiger partial charge in [0.05, 0.1) is 16.0 Å². The molecule has 6 nitrogen and oxygen atoms in total. The number of hydrogen-bond acceptors (Lipinski definition) is 4. The average Bonchev–Trinajstić information content (AvgIpc) is 2.59. The second-order valence-electron chi connectivity index (χ2n) is 5.61. The smallest absolute Gasteiger partial charge is 0.294 e. The van der Waals surface area contributed by atoms with E-state index in [4.69, 9.17) is 5.73 Å². The number of nitro groups is 1. The summed E-state index contributed by atoms with van der Waals surface area (Å²) in [5, 5.41) is 11.0. The molecule has 0 aliphatic carbocycles. The number of nitrogen functional groups attached to an aromatic ring is 1. The zero-order chi connectivity index (χ0) is 15.8. The Kier molecular flexibility index (Phi) is 3.72. The molecule has 0 atom stereocenters. The third-order valence-electron chi connectivity index (χ3n) is 3.78. The van der Waals surface area contributed by atoms with Crippen LogP contribution in [0.4, 0.5) is 17.1 Å². The lowest BCUT2D eigenvalue weighted by Crippen LogP contribution is -2.36. The lowest BCUT2D eigenvalue weighted by Gasteiger charge is -2.18. The van der Waals surface area contributed by atoms with Gasteiger partial charge in [-0.15, -0.1) is 0 Å². The van der Waals surface area contributed by atoms with Crippen molar-refractivity contribution in [1.29, 1.82) is 0 Å². The molecule has 1 amide bonds. The molecule has 1 aromatic rings. The fourth-order valence-electron chi connectivity index (χ4n) is 2.57. The van der Waals surface area contributed by atoms with Gasteiger partial charge in [0.1, 0.15) is 5.69 Å². The van der Waals surface area contributed by atoms with Crippen LogP contribution >= 0.6 is 0 Å². The van der Waals surface area contributed by atoms with E-state index in [1.807, 2.05) is 32.9 Å². The Hall–Kier alpha value is -2.37. The number of amides is 1. The van der Waals surface area contributed by atoms with E-state index >= 15 is 0 Å². The van der Waals surface area contributed by atoms with Crippen LogP contribution in [-0.2, 0) is 10.2 Å². The maximum atomic E-state index is 12.6. The summed E-state index contributed by atoms with van der Waals surface area (Å²) in [4.78, 5) is 24.6. The van der Waals surface area contributed by atoms with E-state index in [0.717, 1.165) is 12.0 Å². The number of carbonyl (C=O) groups is 1. The maximum absolute atomic E-state index is 12.6. The third kappa shape index (κ3) is 2.37. The summed E-state index contributed by atoms with van der Waals surface area (Å²) in [6, 6.07) is 2.95. The van der Waals surface area contributed by atoms with E-state index in [9.17, 15) is 14.9 Å². The van der Waals surface area contributed by atoms with Gasteiger partial charge in [-0.25, -0.2) is 0 Å². The SMILES string of the molecule is CC/C=C/CN1C(=O)C(C)(C)c2cc(N)c([N+](=O)[O-])cc21. The number of nitro benzene ring substituents is 1.